The molecule has 0 bridgehead atoms. The van der Waals surface area contributed by atoms with E-state index in [0.717, 1.165) is 16.1 Å². The van der Waals surface area contributed by atoms with E-state index >= 15 is 0 Å². The number of fused-ring (bicyclic) bond motifs is 1. The predicted molar refractivity (Wildman–Crippen MR) is 75.2 cm³/mol. The molecular formula is C13H10ClN3OS. The Labute approximate surface area is 119 Å². The van der Waals surface area contributed by atoms with Gasteiger partial charge in [-0.15, -0.1) is 0 Å². The molecule has 3 rings (SSSR count). The highest BCUT2D eigenvalue weighted by molar-refractivity contribution is 7.98. The van der Waals surface area contributed by atoms with Gasteiger partial charge in [-0.05, 0) is 30.0 Å². The maximum absolute atomic E-state index is 11.5. The van der Waals surface area contributed by atoms with E-state index < -0.39 is 0 Å². The van der Waals surface area contributed by atoms with Crippen molar-refractivity contribution in [1.29, 1.82) is 0 Å². The summed E-state index contributed by atoms with van der Waals surface area (Å²) in [7, 11) is 0. The lowest BCUT2D eigenvalue weighted by Crippen LogP contribution is -2.27. The smallest absolute Gasteiger partial charge is 0.251 e. The zero-order valence-corrected chi connectivity index (χ0v) is 11.4. The van der Waals surface area contributed by atoms with Gasteiger partial charge >= 0.3 is 0 Å². The third kappa shape index (κ3) is 2.67. The maximum atomic E-state index is 11.5. The largest absolute Gasteiger partial charge is 0.618 e. The van der Waals surface area contributed by atoms with Gasteiger partial charge in [-0.3, -0.25) is 0 Å². The van der Waals surface area contributed by atoms with Crippen molar-refractivity contribution in [2.45, 2.75) is 10.8 Å². The van der Waals surface area contributed by atoms with Crippen LogP contribution in [0.25, 0.3) is 5.65 Å². The summed E-state index contributed by atoms with van der Waals surface area (Å²) in [5.74, 6) is 0.644. The Kier molecular flexibility index (Phi) is 3.31. The monoisotopic (exact) mass is 291 g/mol. The second kappa shape index (κ2) is 5.11. The molecule has 0 aromatic carbocycles. The normalized spacial score (nSPS) is 11.0. The molecule has 0 N–H and O–H groups in total. The van der Waals surface area contributed by atoms with Gasteiger partial charge in [0.05, 0.1) is 10.7 Å². The Morgan fingerprint density at radius 2 is 2.16 bits per heavy atom. The molecule has 0 atom stereocenters. The van der Waals surface area contributed by atoms with Crippen LogP contribution in [-0.2, 0) is 5.75 Å². The fraction of sp³-hybridized carbons (Fsp3) is 0.0769. The third-order valence-corrected chi connectivity index (χ3v) is 3.90. The van der Waals surface area contributed by atoms with Crippen LogP contribution in [-0.4, -0.2) is 9.38 Å². The molecular weight excluding hydrogens is 282 g/mol. The molecule has 3 heterocycles. The standard InChI is InChI=1S/C13H10ClN3OS/c14-10-4-5-12-15-11(8-16(12)7-10)9-19-13-3-1-2-6-17(13)18/h1-8H,9H2. The minimum atomic E-state index is 0.644. The highest BCUT2D eigenvalue weighted by atomic mass is 35.5. The first-order valence-electron chi connectivity index (χ1n) is 5.66. The molecule has 19 heavy (non-hydrogen) atoms. The van der Waals surface area contributed by atoms with Gasteiger partial charge in [-0.1, -0.05) is 11.6 Å². The molecule has 0 radical (unpaired) electrons. The second-order valence-electron chi connectivity index (χ2n) is 4.00. The molecule has 4 nitrogen and oxygen atoms in total. The van der Waals surface area contributed by atoms with Crippen LogP contribution in [0, 0.1) is 5.21 Å². The van der Waals surface area contributed by atoms with E-state index in [1.807, 2.05) is 35.0 Å². The third-order valence-electron chi connectivity index (χ3n) is 2.62. The molecule has 0 aliphatic rings. The average molecular weight is 292 g/mol. The van der Waals surface area contributed by atoms with Crippen LogP contribution in [0.15, 0.2) is 53.9 Å². The van der Waals surface area contributed by atoms with Crippen LogP contribution >= 0.6 is 23.4 Å². The fourth-order valence-electron chi connectivity index (χ4n) is 1.76. The number of aromatic nitrogens is 3. The summed E-state index contributed by atoms with van der Waals surface area (Å²) in [6, 6.07) is 9.03. The number of imidazole rings is 1. The first kappa shape index (κ1) is 12.3. The molecule has 0 saturated heterocycles. The predicted octanol–water partition coefficient (Wildman–Crippen LogP) is 2.91. The van der Waals surface area contributed by atoms with Gasteiger partial charge < -0.3 is 9.61 Å². The van der Waals surface area contributed by atoms with Gasteiger partial charge in [0.1, 0.15) is 5.65 Å². The van der Waals surface area contributed by atoms with Gasteiger partial charge in [0.15, 0.2) is 6.20 Å². The zero-order chi connectivity index (χ0) is 13.2. The van der Waals surface area contributed by atoms with E-state index in [0.29, 0.717) is 15.8 Å². The Balaban J connectivity index is 1.80. The average Bonchev–Trinajstić information content (AvgIpc) is 2.79. The minimum absolute atomic E-state index is 0.644. The highest BCUT2D eigenvalue weighted by Gasteiger charge is 2.07. The molecule has 0 fully saturated rings. The summed E-state index contributed by atoms with van der Waals surface area (Å²) in [6.07, 6.45) is 5.23. The van der Waals surface area contributed by atoms with Crippen molar-refractivity contribution in [2.75, 3.05) is 0 Å². The van der Waals surface area contributed by atoms with E-state index in [4.69, 9.17) is 11.6 Å². The summed E-state index contributed by atoms with van der Waals surface area (Å²) in [5.41, 5.74) is 1.76. The summed E-state index contributed by atoms with van der Waals surface area (Å²) < 4.78 is 2.74. The number of nitrogens with zero attached hydrogens (tertiary/aromatic N) is 3. The Hall–Kier alpha value is -1.72. The van der Waals surface area contributed by atoms with Crippen molar-refractivity contribution in [2.24, 2.45) is 0 Å². The van der Waals surface area contributed by atoms with Crippen LogP contribution in [0.5, 0.6) is 0 Å². The highest BCUT2D eigenvalue weighted by Crippen LogP contribution is 2.20. The maximum Gasteiger partial charge on any atom is 0.251 e. The van der Waals surface area contributed by atoms with Crippen LogP contribution in [0.3, 0.4) is 0 Å². The first-order chi connectivity index (χ1) is 9.22. The Morgan fingerprint density at radius 1 is 1.26 bits per heavy atom. The molecule has 6 heteroatoms. The quantitative estimate of drug-likeness (QED) is 0.423. The summed E-state index contributed by atoms with van der Waals surface area (Å²) in [5, 5.41) is 12.8. The summed E-state index contributed by atoms with van der Waals surface area (Å²) in [6.45, 7) is 0. The molecule has 0 spiro atoms. The number of hydrogen-bond donors (Lipinski definition) is 0. The summed E-state index contributed by atoms with van der Waals surface area (Å²) in [4.78, 5) is 4.47. The van der Waals surface area contributed by atoms with E-state index in [1.54, 1.807) is 12.1 Å². The van der Waals surface area contributed by atoms with Crippen molar-refractivity contribution in [3.63, 3.8) is 0 Å². The van der Waals surface area contributed by atoms with E-state index in [2.05, 4.69) is 4.98 Å². The van der Waals surface area contributed by atoms with Crippen molar-refractivity contribution in [3.8, 4) is 0 Å². The van der Waals surface area contributed by atoms with Gasteiger partial charge in [-0.2, -0.15) is 4.73 Å². The Bertz CT molecular complexity index is 729. The number of hydrogen-bond acceptors (Lipinski definition) is 3. The molecule has 3 aromatic heterocycles. The van der Waals surface area contributed by atoms with Crippen LogP contribution < -0.4 is 4.73 Å². The molecule has 0 saturated carbocycles. The van der Waals surface area contributed by atoms with Gasteiger partial charge in [0.25, 0.3) is 5.03 Å². The molecule has 0 aliphatic carbocycles. The lowest BCUT2D eigenvalue weighted by Gasteiger charge is -2.01. The van der Waals surface area contributed by atoms with Crippen molar-refractivity contribution in [1.82, 2.24) is 9.38 Å². The molecule has 0 aliphatic heterocycles. The fourth-order valence-corrected chi connectivity index (χ4v) is 2.72. The lowest BCUT2D eigenvalue weighted by atomic mass is 10.5. The van der Waals surface area contributed by atoms with Crippen molar-refractivity contribution >= 4 is 29.0 Å². The topological polar surface area (TPSA) is 44.2 Å². The van der Waals surface area contributed by atoms with E-state index in [9.17, 15) is 5.21 Å². The van der Waals surface area contributed by atoms with E-state index in [1.165, 1.54) is 18.0 Å². The first-order valence-corrected chi connectivity index (χ1v) is 7.03. The molecule has 0 unspecified atom stereocenters. The van der Waals surface area contributed by atoms with E-state index in [-0.39, 0.29) is 0 Å². The molecule has 96 valence electrons. The van der Waals surface area contributed by atoms with Gasteiger partial charge in [0, 0.05) is 30.3 Å². The van der Waals surface area contributed by atoms with Gasteiger partial charge in [-0.25, -0.2) is 4.98 Å². The minimum Gasteiger partial charge on any atom is -0.618 e. The lowest BCUT2D eigenvalue weighted by molar-refractivity contribution is -0.645. The van der Waals surface area contributed by atoms with Crippen molar-refractivity contribution in [3.05, 3.63) is 64.8 Å². The number of rotatable bonds is 3. The molecule has 0 amide bonds. The number of thioether (sulfide) groups is 1. The second-order valence-corrected chi connectivity index (χ2v) is 5.43. The van der Waals surface area contributed by atoms with Crippen LogP contribution in [0.1, 0.15) is 5.69 Å². The van der Waals surface area contributed by atoms with Gasteiger partial charge in [0.2, 0.25) is 0 Å². The number of pyridine rings is 2. The van der Waals surface area contributed by atoms with Crippen molar-refractivity contribution < 1.29 is 4.73 Å². The zero-order valence-electron chi connectivity index (χ0n) is 9.86. The number of halogens is 1. The molecule has 3 aromatic rings. The summed E-state index contributed by atoms with van der Waals surface area (Å²) >= 11 is 7.38. The van der Waals surface area contributed by atoms with Crippen LogP contribution in [0.4, 0.5) is 0 Å². The Morgan fingerprint density at radius 3 is 3.00 bits per heavy atom. The van der Waals surface area contributed by atoms with Crippen LogP contribution in [0.2, 0.25) is 5.02 Å². The SMILES string of the molecule is [O-][n+]1ccccc1SCc1cn2cc(Cl)ccc2n1.